The molecule has 9 nitrogen and oxygen atoms in total. The number of rotatable bonds is 12. The molecule has 3 aromatic rings. The monoisotopic (exact) mass is 485 g/mol. The first-order chi connectivity index (χ1) is 16.3. The summed E-state index contributed by atoms with van der Waals surface area (Å²) in [6, 6.07) is 16.2. The molecule has 0 saturated carbocycles. The van der Waals surface area contributed by atoms with Crippen LogP contribution in [0.1, 0.15) is 35.0 Å². The van der Waals surface area contributed by atoms with E-state index in [0.29, 0.717) is 43.0 Å². The lowest BCUT2D eigenvalue weighted by Gasteiger charge is -2.09. The van der Waals surface area contributed by atoms with E-state index in [1.807, 2.05) is 6.07 Å². The third-order valence-electron chi connectivity index (χ3n) is 4.74. The molecule has 0 atom stereocenters. The Bertz CT molecular complexity index is 1170. The lowest BCUT2D eigenvalue weighted by atomic mass is 10.1. The van der Waals surface area contributed by atoms with Crippen molar-refractivity contribution in [2.75, 3.05) is 18.5 Å². The van der Waals surface area contributed by atoms with Crippen LogP contribution in [0.15, 0.2) is 76.2 Å². The summed E-state index contributed by atoms with van der Waals surface area (Å²) in [5.41, 5.74) is 1.71. The van der Waals surface area contributed by atoms with Gasteiger partial charge in [0.2, 0.25) is 15.9 Å². The average Bonchev–Trinajstić information content (AvgIpc) is 3.34. The van der Waals surface area contributed by atoms with E-state index in [1.165, 1.54) is 31.2 Å². The second-order valence-corrected chi connectivity index (χ2v) is 9.24. The standard InChI is InChI=1S/C24H27N3O6S/c1-18(28)27-21-9-11-23(12-10-21)34(30,31)26-16-19-5-7-20(8-6-19)24(29)25-13-3-14-32-17-22-4-2-15-33-22/h2,4-12,15,26H,3,13-14,16-17H2,1H3,(H,25,29)(H,27,28). The van der Waals surface area contributed by atoms with Crippen molar-refractivity contribution in [3.8, 4) is 0 Å². The number of furan rings is 1. The molecule has 180 valence electrons. The zero-order valence-corrected chi connectivity index (χ0v) is 19.6. The normalized spacial score (nSPS) is 11.2. The van der Waals surface area contributed by atoms with Gasteiger partial charge in [-0.1, -0.05) is 12.1 Å². The molecule has 10 heteroatoms. The van der Waals surface area contributed by atoms with Crippen molar-refractivity contribution in [1.29, 1.82) is 0 Å². The Morgan fingerprint density at radius 1 is 1.00 bits per heavy atom. The van der Waals surface area contributed by atoms with Crippen molar-refractivity contribution in [3.63, 3.8) is 0 Å². The number of nitrogens with one attached hydrogen (secondary N) is 3. The largest absolute Gasteiger partial charge is 0.467 e. The summed E-state index contributed by atoms with van der Waals surface area (Å²) in [4.78, 5) is 23.4. The number of hydrogen-bond donors (Lipinski definition) is 3. The molecule has 0 aliphatic heterocycles. The Balaban J connectivity index is 1.41. The van der Waals surface area contributed by atoms with Crippen molar-refractivity contribution in [3.05, 3.63) is 83.8 Å². The number of anilines is 1. The summed E-state index contributed by atoms with van der Waals surface area (Å²) < 4.78 is 38.2. The van der Waals surface area contributed by atoms with Crippen molar-refractivity contribution in [2.24, 2.45) is 0 Å². The first kappa shape index (κ1) is 25.2. The van der Waals surface area contributed by atoms with Gasteiger partial charge >= 0.3 is 0 Å². The zero-order valence-electron chi connectivity index (χ0n) is 18.7. The van der Waals surface area contributed by atoms with Gasteiger partial charge in [-0.15, -0.1) is 0 Å². The molecule has 1 aromatic heterocycles. The predicted molar refractivity (Wildman–Crippen MR) is 127 cm³/mol. The van der Waals surface area contributed by atoms with Crippen molar-refractivity contribution in [2.45, 2.75) is 31.4 Å². The van der Waals surface area contributed by atoms with Crippen molar-refractivity contribution in [1.82, 2.24) is 10.0 Å². The first-order valence-electron chi connectivity index (χ1n) is 10.7. The minimum absolute atomic E-state index is 0.0741. The topological polar surface area (TPSA) is 127 Å². The van der Waals surface area contributed by atoms with Gasteiger partial charge in [0, 0.05) is 37.9 Å². The van der Waals surface area contributed by atoms with Gasteiger partial charge in [-0.05, 0) is 60.5 Å². The number of ether oxygens (including phenoxy) is 1. The molecule has 3 rings (SSSR count). The zero-order chi connectivity index (χ0) is 24.4. The highest BCUT2D eigenvalue weighted by Crippen LogP contribution is 2.15. The molecule has 0 radical (unpaired) electrons. The smallest absolute Gasteiger partial charge is 0.251 e. The van der Waals surface area contributed by atoms with Crippen LogP contribution in [0.4, 0.5) is 5.69 Å². The van der Waals surface area contributed by atoms with Crippen LogP contribution in [0.25, 0.3) is 0 Å². The highest BCUT2D eigenvalue weighted by atomic mass is 32.2. The van der Waals surface area contributed by atoms with Crippen LogP contribution >= 0.6 is 0 Å². The van der Waals surface area contributed by atoms with Gasteiger partial charge in [-0.2, -0.15) is 0 Å². The molecule has 2 amide bonds. The molecule has 2 aromatic carbocycles. The summed E-state index contributed by atoms with van der Waals surface area (Å²) in [6.07, 6.45) is 2.26. The lowest BCUT2D eigenvalue weighted by molar-refractivity contribution is -0.114. The Morgan fingerprint density at radius 3 is 2.38 bits per heavy atom. The lowest BCUT2D eigenvalue weighted by Crippen LogP contribution is -2.25. The van der Waals surface area contributed by atoms with Crippen LogP contribution in [0.2, 0.25) is 0 Å². The van der Waals surface area contributed by atoms with Gasteiger partial charge in [0.25, 0.3) is 5.91 Å². The molecule has 1 heterocycles. The SMILES string of the molecule is CC(=O)Nc1ccc(S(=O)(=O)NCc2ccc(C(=O)NCCCOCc3ccco3)cc2)cc1. The van der Waals surface area contributed by atoms with Gasteiger partial charge in [-0.3, -0.25) is 9.59 Å². The maximum Gasteiger partial charge on any atom is 0.251 e. The van der Waals surface area contributed by atoms with Crippen LogP contribution < -0.4 is 15.4 Å². The van der Waals surface area contributed by atoms with Crippen LogP contribution in [0.5, 0.6) is 0 Å². The van der Waals surface area contributed by atoms with E-state index >= 15 is 0 Å². The Hall–Kier alpha value is -3.47. The van der Waals surface area contributed by atoms with Crippen molar-refractivity contribution < 1.29 is 27.2 Å². The van der Waals surface area contributed by atoms with E-state index in [0.717, 1.165) is 5.76 Å². The Kier molecular flexibility index (Phi) is 8.97. The molecule has 3 N–H and O–H groups in total. The van der Waals surface area contributed by atoms with Crippen LogP contribution in [-0.2, 0) is 32.7 Å². The quantitative estimate of drug-likeness (QED) is 0.339. The maximum atomic E-state index is 12.5. The van der Waals surface area contributed by atoms with Crippen LogP contribution in [-0.4, -0.2) is 33.4 Å². The molecule has 0 spiro atoms. The van der Waals surface area contributed by atoms with Gasteiger partial charge < -0.3 is 19.8 Å². The molecule has 0 aliphatic rings. The minimum Gasteiger partial charge on any atom is -0.467 e. The first-order valence-corrected chi connectivity index (χ1v) is 12.2. The number of amides is 2. The third kappa shape index (κ3) is 7.84. The third-order valence-corrected chi connectivity index (χ3v) is 6.16. The van der Waals surface area contributed by atoms with E-state index in [4.69, 9.17) is 9.15 Å². The fourth-order valence-electron chi connectivity index (χ4n) is 3.00. The van der Waals surface area contributed by atoms with Gasteiger partial charge in [0.15, 0.2) is 0 Å². The van der Waals surface area contributed by atoms with E-state index in [9.17, 15) is 18.0 Å². The summed E-state index contributed by atoms with van der Waals surface area (Å²) >= 11 is 0. The predicted octanol–water partition coefficient (Wildman–Crippen LogP) is 3.05. The summed E-state index contributed by atoms with van der Waals surface area (Å²) in [5, 5.41) is 5.41. The Morgan fingerprint density at radius 2 is 1.74 bits per heavy atom. The average molecular weight is 486 g/mol. The molecule has 0 bridgehead atoms. The van der Waals surface area contributed by atoms with E-state index in [1.54, 1.807) is 36.6 Å². The van der Waals surface area contributed by atoms with Gasteiger partial charge in [0.1, 0.15) is 12.4 Å². The maximum absolute atomic E-state index is 12.5. The fraction of sp³-hybridized carbons (Fsp3) is 0.250. The number of carbonyl (C=O) groups excluding carboxylic acids is 2. The highest BCUT2D eigenvalue weighted by Gasteiger charge is 2.14. The molecule has 0 unspecified atom stereocenters. The summed E-state index contributed by atoms with van der Waals surface area (Å²) in [6.45, 7) is 2.82. The molecule has 0 saturated heterocycles. The van der Waals surface area contributed by atoms with E-state index < -0.39 is 10.0 Å². The molecule has 0 aliphatic carbocycles. The van der Waals surface area contributed by atoms with Crippen LogP contribution in [0, 0.1) is 0 Å². The number of hydrogen-bond acceptors (Lipinski definition) is 6. The minimum atomic E-state index is -3.72. The Labute approximate surface area is 198 Å². The fourth-order valence-corrected chi connectivity index (χ4v) is 4.02. The van der Waals surface area contributed by atoms with Gasteiger partial charge in [-0.25, -0.2) is 13.1 Å². The molecular formula is C24H27N3O6S. The summed E-state index contributed by atoms with van der Waals surface area (Å²) in [5.74, 6) is 0.310. The molecule has 34 heavy (non-hydrogen) atoms. The number of sulfonamides is 1. The van der Waals surface area contributed by atoms with Crippen LogP contribution in [0.3, 0.4) is 0 Å². The molecule has 0 fully saturated rings. The van der Waals surface area contributed by atoms with E-state index in [-0.39, 0.29) is 23.3 Å². The van der Waals surface area contributed by atoms with Gasteiger partial charge in [0.05, 0.1) is 11.2 Å². The highest BCUT2D eigenvalue weighted by molar-refractivity contribution is 7.89. The number of benzene rings is 2. The summed E-state index contributed by atoms with van der Waals surface area (Å²) in [7, 11) is -3.72. The van der Waals surface area contributed by atoms with E-state index in [2.05, 4.69) is 15.4 Å². The molecular weight excluding hydrogens is 458 g/mol. The second-order valence-electron chi connectivity index (χ2n) is 7.47. The second kappa shape index (κ2) is 12.1. The van der Waals surface area contributed by atoms with Crippen molar-refractivity contribution >= 4 is 27.5 Å². The number of carbonyl (C=O) groups is 2.